The third-order valence-corrected chi connectivity index (χ3v) is 3.48. The highest BCUT2D eigenvalue weighted by atomic mass is 127. The molecular formula is C14H18IN3O2. The number of carbonyl (C=O) groups is 2. The van der Waals surface area contributed by atoms with Crippen LogP contribution in [0, 0.1) is 9.49 Å². The van der Waals surface area contributed by atoms with Gasteiger partial charge in [-0.1, -0.05) is 0 Å². The number of carbonyl (C=O) groups excluding carboxylic acids is 2. The van der Waals surface area contributed by atoms with E-state index in [9.17, 15) is 9.59 Å². The third kappa shape index (κ3) is 4.75. The molecule has 1 saturated carbocycles. The minimum Gasteiger partial charge on any atom is -0.326 e. The zero-order chi connectivity index (χ0) is 14.7. The lowest BCUT2D eigenvalue weighted by Gasteiger charge is -2.12. The molecule has 0 heterocycles. The van der Waals surface area contributed by atoms with Gasteiger partial charge in [-0.25, -0.2) is 0 Å². The summed E-state index contributed by atoms with van der Waals surface area (Å²) >= 11 is 2.17. The van der Waals surface area contributed by atoms with Crippen LogP contribution in [-0.4, -0.2) is 37.4 Å². The van der Waals surface area contributed by atoms with E-state index in [0.717, 1.165) is 22.1 Å². The Labute approximate surface area is 132 Å². The van der Waals surface area contributed by atoms with Gasteiger partial charge in [-0.05, 0) is 67.7 Å². The molecule has 1 aromatic rings. The lowest BCUT2D eigenvalue weighted by molar-refractivity contribution is -0.117. The molecule has 1 fully saturated rings. The molecule has 2 amide bonds. The minimum absolute atomic E-state index is 0.0672. The van der Waals surface area contributed by atoms with Crippen molar-refractivity contribution < 1.29 is 9.59 Å². The van der Waals surface area contributed by atoms with Crippen LogP contribution in [0.1, 0.15) is 12.8 Å². The van der Waals surface area contributed by atoms with Crippen molar-refractivity contribution in [2.24, 2.45) is 5.92 Å². The lowest BCUT2D eigenvalue weighted by Crippen LogP contribution is -2.27. The molecule has 0 atom stereocenters. The van der Waals surface area contributed by atoms with Crippen LogP contribution in [0.5, 0.6) is 0 Å². The summed E-state index contributed by atoms with van der Waals surface area (Å²) in [6, 6.07) is 5.55. The fraction of sp³-hybridized carbons (Fsp3) is 0.429. The van der Waals surface area contributed by atoms with Crippen LogP contribution in [0.2, 0.25) is 0 Å². The summed E-state index contributed by atoms with van der Waals surface area (Å²) in [6.45, 7) is 0.329. The number of benzene rings is 1. The Bertz CT molecular complexity index is 527. The topological polar surface area (TPSA) is 61.4 Å². The van der Waals surface area contributed by atoms with Crippen LogP contribution in [0.25, 0.3) is 0 Å². The average molecular weight is 387 g/mol. The molecular weight excluding hydrogens is 369 g/mol. The van der Waals surface area contributed by atoms with E-state index < -0.39 is 0 Å². The molecule has 0 aliphatic heterocycles. The van der Waals surface area contributed by atoms with Crippen molar-refractivity contribution in [3.63, 3.8) is 0 Å². The molecule has 5 nitrogen and oxygen atoms in total. The molecule has 1 aliphatic rings. The second-order valence-electron chi connectivity index (χ2n) is 5.28. The van der Waals surface area contributed by atoms with Crippen molar-refractivity contribution >= 4 is 45.8 Å². The summed E-state index contributed by atoms with van der Waals surface area (Å²) in [5.74, 6) is 0.161. The summed E-state index contributed by atoms with van der Waals surface area (Å²) in [5.41, 5.74) is 1.43. The number of nitrogens with one attached hydrogen (secondary N) is 2. The van der Waals surface area contributed by atoms with E-state index in [4.69, 9.17) is 0 Å². The largest absolute Gasteiger partial charge is 0.326 e. The zero-order valence-corrected chi connectivity index (χ0v) is 13.7. The molecule has 2 rings (SSSR count). The lowest BCUT2D eigenvalue weighted by atomic mass is 10.2. The smallest absolute Gasteiger partial charge is 0.238 e. The van der Waals surface area contributed by atoms with Crippen LogP contribution in [0.4, 0.5) is 11.4 Å². The molecule has 0 bridgehead atoms. The number of rotatable bonds is 5. The van der Waals surface area contributed by atoms with Crippen LogP contribution in [0.3, 0.4) is 0 Å². The van der Waals surface area contributed by atoms with Gasteiger partial charge in [0.2, 0.25) is 11.8 Å². The quantitative estimate of drug-likeness (QED) is 0.762. The maximum Gasteiger partial charge on any atom is 0.238 e. The van der Waals surface area contributed by atoms with Crippen molar-refractivity contribution in [2.45, 2.75) is 12.8 Å². The Hall–Kier alpha value is -1.15. The fourth-order valence-corrected chi connectivity index (χ4v) is 2.48. The summed E-state index contributed by atoms with van der Waals surface area (Å²) in [7, 11) is 3.69. The van der Waals surface area contributed by atoms with Crippen molar-refractivity contribution in [2.75, 3.05) is 31.3 Å². The Balaban J connectivity index is 2.03. The van der Waals surface area contributed by atoms with E-state index in [1.165, 1.54) is 0 Å². The summed E-state index contributed by atoms with van der Waals surface area (Å²) in [4.78, 5) is 25.3. The monoisotopic (exact) mass is 387 g/mol. The van der Waals surface area contributed by atoms with Crippen LogP contribution in [0.15, 0.2) is 18.2 Å². The van der Waals surface area contributed by atoms with Gasteiger partial charge in [0.1, 0.15) is 0 Å². The first-order valence-electron chi connectivity index (χ1n) is 6.50. The van der Waals surface area contributed by atoms with Gasteiger partial charge in [-0.3, -0.25) is 9.59 Å². The number of nitrogens with zero attached hydrogens (tertiary/aromatic N) is 1. The van der Waals surface area contributed by atoms with E-state index in [0.29, 0.717) is 12.2 Å². The predicted octanol–water partition coefficient (Wildman–Crippen LogP) is 2.14. The van der Waals surface area contributed by atoms with Crippen molar-refractivity contribution in [1.29, 1.82) is 0 Å². The molecule has 20 heavy (non-hydrogen) atoms. The molecule has 0 radical (unpaired) electrons. The highest BCUT2D eigenvalue weighted by Crippen LogP contribution is 2.30. The van der Waals surface area contributed by atoms with Gasteiger partial charge in [0.05, 0.1) is 6.54 Å². The van der Waals surface area contributed by atoms with Crippen molar-refractivity contribution in [3.05, 3.63) is 21.8 Å². The van der Waals surface area contributed by atoms with Gasteiger partial charge in [0.25, 0.3) is 0 Å². The van der Waals surface area contributed by atoms with E-state index >= 15 is 0 Å². The Morgan fingerprint density at radius 2 is 1.80 bits per heavy atom. The number of hydrogen-bond acceptors (Lipinski definition) is 3. The summed E-state index contributed by atoms with van der Waals surface area (Å²) in [5, 5.41) is 5.73. The Morgan fingerprint density at radius 3 is 2.35 bits per heavy atom. The van der Waals surface area contributed by atoms with E-state index in [1.807, 2.05) is 26.2 Å². The molecule has 1 aromatic carbocycles. The van der Waals surface area contributed by atoms with Gasteiger partial charge in [-0.2, -0.15) is 0 Å². The zero-order valence-electron chi connectivity index (χ0n) is 11.6. The van der Waals surface area contributed by atoms with Crippen LogP contribution in [-0.2, 0) is 9.59 Å². The van der Waals surface area contributed by atoms with Crippen LogP contribution >= 0.6 is 22.6 Å². The van der Waals surface area contributed by atoms with Gasteiger partial charge in [-0.15, -0.1) is 0 Å². The van der Waals surface area contributed by atoms with E-state index in [1.54, 1.807) is 11.0 Å². The Morgan fingerprint density at radius 1 is 1.20 bits per heavy atom. The first-order chi connectivity index (χ1) is 9.44. The number of halogens is 1. The summed E-state index contributed by atoms with van der Waals surface area (Å²) in [6.07, 6.45) is 1.95. The number of anilines is 2. The second kappa shape index (κ2) is 6.53. The summed E-state index contributed by atoms with van der Waals surface area (Å²) < 4.78 is 0.969. The molecule has 1 aliphatic carbocycles. The van der Waals surface area contributed by atoms with Crippen LogP contribution < -0.4 is 10.6 Å². The number of likely N-dealkylation sites (N-methyl/N-ethyl adjacent to an activating group) is 1. The molecule has 0 saturated heterocycles. The normalized spacial score (nSPS) is 14.2. The van der Waals surface area contributed by atoms with E-state index in [2.05, 4.69) is 33.2 Å². The van der Waals surface area contributed by atoms with Crippen molar-refractivity contribution in [1.82, 2.24) is 4.90 Å². The maximum atomic E-state index is 11.8. The fourth-order valence-electron chi connectivity index (χ4n) is 1.81. The molecule has 0 spiro atoms. The van der Waals surface area contributed by atoms with Gasteiger partial charge < -0.3 is 15.5 Å². The predicted molar refractivity (Wildman–Crippen MR) is 87.7 cm³/mol. The highest BCUT2D eigenvalue weighted by Gasteiger charge is 2.29. The molecule has 0 unspecified atom stereocenters. The second-order valence-corrected chi connectivity index (χ2v) is 6.52. The molecule has 108 valence electrons. The molecule has 0 aromatic heterocycles. The van der Waals surface area contributed by atoms with Gasteiger partial charge >= 0.3 is 0 Å². The van der Waals surface area contributed by atoms with E-state index in [-0.39, 0.29) is 17.7 Å². The Kier molecular flexibility index (Phi) is 4.98. The number of amides is 2. The third-order valence-electron chi connectivity index (χ3n) is 2.86. The standard InChI is InChI=1S/C14H18IN3O2/c1-18(2)8-13(19)16-11-5-10(15)6-12(7-11)17-14(20)9-3-4-9/h5-7,9H,3-4,8H2,1-2H3,(H,16,19)(H,17,20). The maximum absolute atomic E-state index is 11.8. The minimum atomic E-state index is -0.0727. The van der Waals surface area contributed by atoms with Gasteiger partial charge in [0, 0.05) is 20.9 Å². The number of hydrogen-bond donors (Lipinski definition) is 2. The first-order valence-corrected chi connectivity index (χ1v) is 7.58. The SMILES string of the molecule is CN(C)CC(=O)Nc1cc(I)cc(NC(=O)C2CC2)c1. The first kappa shape index (κ1) is 15.2. The highest BCUT2D eigenvalue weighted by molar-refractivity contribution is 14.1. The molecule has 6 heteroatoms. The molecule has 2 N–H and O–H groups in total. The van der Waals surface area contributed by atoms with Gasteiger partial charge in [0.15, 0.2) is 0 Å². The van der Waals surface area contributed by atoms with Crippen molar-refractivity contribution in [3.8, 4) is 0 Å². The average Bonchev–Trinajstić information content (AvgIpc) is 3.09.